The molecule has 1 aliphatic rings. The maximum Gasteiger partial charge on any atom is 0.257 e. The average Bonchev–Trinajstić information content (AvgIpc) is 3.40. The highest BCUT2D eigenvalue weighted by Gasteiger charge is 2.27. The van der Waals surface area contributed by atoms with Gasteiger partial charge in [0.25, 0.3) is 5.91 Å². The standard InChI is InChI=1S/C28H26FN5O3/c29-21-10-6-8-19(16-21)26-32-28(37-33-26)20-9-7-15-34(17-20)18-25(35)31-24-14-5-4-13-23(24)27(36)30-22-11-2-1-3-12-22/h1-6,8,10-14,16,20H,7,9,15,17-18H2,(H,30,36)(H,31,35). The summed E-state index contributed by atoms with van der Waals surface area (Å²) in [6, 6.07) is 22.1. The van der Waals surface area contributed by atoms with Crippen LogP contribution in [-0.2, 0) is 4.79 Å². The van der Waals surface area contributed by atoms with Crippen LogP contribution >= 0.6 is 0 Å². The smallest absolute Gasteiger partial charge is 0.257 e. The third-order valence-corrected chi connectivity index (χ3v) is 6.22. The molecule has 2 N–H and O–H groups in total. The minimum absolute atomic E-state index is 0.0275. The van der Waals surface area contributed by atoms with Crippen molar-refractivity contribution in [1.29, 1.82) is 0 Å². The number of para-hydroxylation sites is 2. The molecule has 0 spiro atoms. The number of hydrogen-bond acceptors (Lipinski definition) is 6. The van der Waals surface area contributed by atoms with Crippen LogP contribution in [0.25, 0.3) is 11.4 Å². The van der Waals surface area contributed by atoms with Crippen LogP contribution in [0.4, 0.5) is 15.8 Å². The molecule has 1 fully saturated rings. The predicted molar refractivity (Wildman–Crippen MR) is 138 cm³/mol. The fraction of sp³-hybridized carbons (Fsp3) is 0.214. The number of piperidine rings is 1. The van der Waals surface area contributed by atoms with E-state index in [0.29, 0.717) is 40.8 Å². The van der Waals surface area contributed by atoms with Gasteiger partial charge in [-0.05, 0) is 55.8 Å². The second-order valence-corrected chi connectivity index (χ2v) is 8.95. The summed E-state index contributed by atoms with van der Waals surface area (Å²) in [5, 5.41) is 9.74. The number of aromatic nitrogens is 2. The molecule has 2 heterocycles. The highest BCUT2D eigenvalue weighted by atomic mass is 19.1. The van der Waals surface area contributed by atoms with Crippen LogP contribution in [-0.4, -0.2) is 46.5 Å². The first-order valence-electron chi connectivity index (χ1n) is 12.1. The molecule has 1 aliphatic heterocycles. The van der Waals surface area contributed by atoms with E-state index in [1.807, 2.05) is 23.1 Å². The molecular weight excluding hydrogens is 473 g/mol. The van der Waals surface area contributed by atoms with E-state index in [2.05, 4.69) is 20.8 Å². The Hall–Kier alpha value is -4.37. The van der Waals surface area contributed by atoms with Crippen LogP contribution in [0.15, 0.2) is 83.4 Å². The van der Waals surface area contributed by atoms with Crippen molar-refractivity contribution in [3.05, 3.63) is 96.1 Å². The second kappa shape index (κ2) is 11.1. The van der Waals surface area contributed by atoms with E-state index in [1.165, 1.54) is 12.1 Å². The van der Waals surface area contributed by atoms with E-state index in [9.17, 15) is 14.0 Å². The van der Waals surface area contributed by atoms with Crippen LogP contribution < -0.4 is 10.6 Å². The van der Waals surface area contributed by atoms with E-state index < -0.39 is 0 Å². The summed E-state index contributed by atoms with van der Waals surface area (Å²) >= 11 is 0. The molecule has 5 rings (SSSR count). The first-order valence-corrected chi connectivity index (χ1v) is 12.1. The lowest BCUT2D eigenvalue weighted by Crippen LogP contribution is -2.40. The van der Waals surface area contributed by atoms with E-state index in [-0.39, 0.29) is 30.1 Å². The molecule has 0 saturated carbocycles. The normalized spacial score (nSPS) is 15.8. The first-order chi connectivity index (χ1) is 18.0. The third kappa shape index (κ3) is 6.07. The van der Waals surface area contributed by atoms with E-state index in [4.69, 9.17) is 4.52 Å². The molecule has 2 amide bonds. The topological polar surface area (TPSA) is 100 Å². The zero-order chi connectivity index (χ0) is 25.6. The summed E-state index contributed by atoms with van der Waals surface area (Å²) in [4.78, 5) is 32.2. The lowest BCUT2D eigenvalue weighted by molar-refractivity contribution is -0.117. The molecule has 8 nitrogen and oxygen atoms in total. The summed E-state index contributed by atoms with van der Waals surface area (Å²) in [5.74, 6) is -0.0857. The number of nitrogens with one attached hydrogen (secondary N) is 2. The number of likely N-dealkylation sites (tertiary alicyclic amines) is 1. The Balaban J connectivity index is 1.20. The molecule has 0 radical (unpaired) electrons. The van der Waals surface area contributed by atoms with Gasteiger partial charge in [0, 0.05) is 17.8 Å². The first kappa shape index (κ1) is 24.3. The summed E-state index contributed by atoms with van der Waals surface area (Å²) in [6.45, 7) is 1.50. The zero-order valence-electron chi connectivity index (χ0n) is 20.1. The van der Waals surface area contributed by atoms with Crippen molar-refractivity contribution in [1.82, 2.24) is 15.0 Å². The number of anilines is 2. The van der Waals surface area contributed by atoms with Crippen LogP contribution in [0.3, 0.4) is 0 Å². The number of rotatable bonds is 7. The summed E-state index contributed by atoms with van der Waals surface area (Å²) in [6.07, 6.45) is 1.72. The van der Waals surface area contributed by atoms with Crippen LogP contribution in [0.5, 0.6) is 0 Å². The molecule has 1 saturated heterocycles. The van der Waals surface area contributed by atoms with Gasteiger partial charge < -0.3 is 15.2 Å². The molecule has 37 heavy (non-hydrogen) atoms. The second-order valence-electron chi connectivity index (χ2n) is 8.95. The molecule has 1 unspecified atom stereocenters. The molecular formula is C28H26FN5O3. The predicted octanol–water partition coefficient (Wildman–Crippen LogP) is 4.95. The Labute approximate surface area is 213 Å². The van der Waals surface area contributed by atoms with Crippen molar-refractivity contribution in [2.75, 3.05) is 30.3 Å². The quantitative estimate of drug-likeness (QED) is 0.373. The van der Waals surface area contributed by atoms with Crippen molar-refractivity contribution >= 4 is 23.2 Å². The van der Waals surface area contributed by atoms with Gasteiger partial charge in [0.15, 0.2) is 0 Å². The van der Waals surface area contributed by atoms with E-state index in [0.717, 1.165) is 19.4 Å². The number of benzene rings is 3. The van der Waals surface area contributed by atoms with Gasteiger partial charge in [-0.15, -0.1) is 0 Å². The third-order valence-electron chi connectivity index (χ3n) is 6.22. The highest BCUT2D eigenvalue weighted by Crippen LogP contribution is 2.28. The molecule has 1 atom stereocenters. The highest BCUT2D eigenvalue weighted by molar-refractivity contribution is 6.10. The summed E-state index contributed by atoms with van der Waals surface area (Å²) in [7, 11) is 0. The number of amides is 2. The van der Waals surface area contributed by atoms with Gasteiger partial charge in [-0.25, -0.2) is 4.39 Å². The minimum Gasteiger partial charge on any atom is -0.339 e. The number of carbonyl (C=O) groups excluding carboxylic acids is 2. The maximum atomic E-state index is 13.6. The molecule has 0 bridgehead atoms. The number of halogens is 1. The number of nitrogens with zero attached hydrogens (tertiary/aromatic N) is 3. The van der Waals surface area contributed by atoms with Gasteiger partial charge in [-0.3, -0.25) is 14.5 Å². The van der Waals surface area contributed by atoms with Gasteiger partial charge >= 0.3 is 0 Å². The number of carbonyl (C=O) groups is 2. The van der Waals surface area contributed by atoms with Crippen LogP contribution in [0.1, 0.15) is 35.0 Å². The number of hydrogen-bond donors (Lipinski definition) is 2. The van der Waals surface area contributed by atoms with E-state index >= 15 is 0 Å². The fourth-order valence-corrected chi connectivity index (χ4v) is 4.45. The van der Waals surface area contributed by atoms with E-state index in [1.54, 1.807) is 48.5 Å². The Morgan fingerprint density at radius 2 is 1.81 bits per heavy atom. The van der Waals surface area contributed by atoms with Crippen molar-refractivity contribution < 1.29 is 18.5 Å². The Morgan fingerprint density at radius 3 is 2.65 bits per heavy atom. The molecule has 3 aromatic carbocycles. The van der Waals surface area contributed by atoms with Gasteiger partial charge in [-0.1, -0.05) is 47.6 Å². The zero-order valence-corrected chi connectivity index (χ0v) is 20.1. The summed E-state index contributed by atoms with van der Waals surface area (Å²) < 4.78 is 19.0. The molecule has 9 heteroatoms. The Kier molecular flexibility index (Phi) is 7.32. The average molecular weight is 500 g/mol. The Morgan fingerprint density at radius 1 is 1.00 bits per heavy atom. The summed E-state index contributed by atoms with van der Waals surface area (Å²) in [5.41, 5.74) is 2.06. The van der Waals surface area contributed by atoms with Crippen LogP contribution in [0.2, 0.25) is 0 Å². The molecule has 4 aromatic rings. The van der Waals surface area contributed by atoms with Crippen molar-refractivity contribution in [2.45, 2.75) is 18.8 Å². The lowest BCUT2D eigenvalue weighted by atomic mass is 9.98. The fourth-order valence-electron chi connectivity index (χ4n) is 4.45. The Bertz CT molecular complexity index is 1390. The van der Waals surface area contributed by atoms with Crippen molar-refractivity contribution in [3.63, 3.8) is 0 Å². The van der Waals surface area contributed by atoms with Crippen LogP contribution in [0, 0.1) is 5.82 Å². The molecule has 188 valence electrons. The van der Waals surface area contributed by atoms with Gasteiger partial charge in [-0.2, -0.15) is 4.98 Å². The maximum absolute atomic E-state index is 13.6. The molecule has 1 aromatic heterocycles. The van der Waals surface area contributed by atoms with Gasteiger partial charge in [0.1, 0.15) is 5.82 Å². The SMILES string of the molecule is O=C(CN1CCCC(c2nc(-c3cccc(F)c3)no2)C1)Nc1ccccc1C(=O)Nc1ccccc1. The van der Waals surface area contributed by atoms with Crippen molar-refractivity contribution in [2.24, 2.45) is 0 Å². The lowest BCUT2D eigenvalue weighted by Gasteiger charge is -2.30. The van der Waals surface area contributed by atoms with Crippen molar-refractivity contribution in [3.8, 4) is 11.4 Å². The van der Waals surface area contributed by atoms with Gasteiger partial charge in [0.05, 0.1) is 23.7 Å². The van der Waals surface area contributed by atoms with Gasteiger partial charge in [0.2, 0.25) is 17.6 Å². The minimum atomic E-state index is -0.363. The molecule has 0 aliphatic carbocycles. The monoisotopic (exact) mass is 499 g/mol. The largest absolute Gasteiger partial charge is 0.339 e.